The van der Waals surface area contributed by atoms with Crippen LogP contribution in [-0.4, -0.2) is 27.5 Å². The Morgan fingerprint density at radius 2 is 1.97 bits per heavy atom. The number of methoxy groups -OCH3 is 1. The van der Waals surface area contributed by atoms with E-state index in [9.17, 15) is 9.18 Å². The van der Waals surface area contributed by atoms with E-state index in [-0.39, 0.29) is 35.0 Å². The molecule has 0 saturated carbocycles. The van der Waals surface area contributed by atoms with Gasteiger partial charge in [-0.05, 0) is 36.8 Å². The topological polar surface area (TPSA) is 69.6 Å². The van der Waals surface area contributed by atoms with E-state index < -0.39 is 5.82 Å². The van der Waals surface area contributed by atoms with Crippen molar-refractivity contribution in [1.82, 2.24) is 14.6 Å². The average molecular weight is 414 g/mol. The standard InChI is InChI=1S/C21H17ClFN3O3/c1-12-24-11-19-26(12)25-21(29-19)14-5-3-13(4-6-14)9-15(27)10-16-17(22)7-8-18(28-2)20(16)23/h3-8,11H,9-10H2,1-2H3. The molecule has 0 N–H and O–H groups in total. The van der Waals surface area contributed by atoms with Crippen molar-refractivity contribution in [3.63, 3.8) is 0 Å². The van der Waals surface area contributed by atoms with Crippen LogP contribution < -0.4 is 4.74 Å². The lowest BCUT2D eigenvalue weighted by Crippen LogP contribution is -2.09. The Morgan fingerprint density at radius 1 is 1.21 bits per heavy atom. The van der Waals surface area contributed by atoms with Crippen LogP contribution in [0.15, 0.2) is 47.0 Å². The van der Waals surface area contributed by atoms with Gasteiger partial charge in [-0.25, -0.2) is 9.37 Å². The Hall–Kier alpha value is -3.19. The maximum Gasteiger partial charge on any atom is 0.246 e. The number of ketones is 1. The summed E-state index contributed by atoms with van der Waals surface area (Å²) in [5, 5.41) is 4.58. The van der Waals surface area contributed by atoms with Crippen molar-refractivity contribution >= 4 is 23.1 Å². The Balaban J connectivity index is 1.48. The van der Waals surface area contributed by atoms with Crippen LogP contribution in [0.5, 0.6) is 5.75 Å². The maximum absolute atomic E-state index is 14.4. The number of benzene rings is 2. The molecule has 148 valence electrons. The first kappa shape index (κ1) is 19.1. The zero-order valence-corrected chi connectivity index (χ0v) is 16.5. The van der Waals surface area contributed by atoms with Crippen LogP contribution in [-0.2, 0) is 17.6 Å². The molecule has 0 saturated heterocycles. The highest BCUT2D eigenvalue weighted by Gasteiger charge is 2.17. The molecule has 0 atom stereocenters. The van der Waals surface area contributed by atoms with Crippen LogP contribution in [0.3, 0.4) is 0 Å². The Morgan fingerprint density at radius 3 is 2.66 bits per heavy atom. The molecule has 0 aliphatic rings. The lowest BCUT2D eigenvalue weighted by atomic mass is 10.0. The van der Waals surface area contributed by atoms with Crippen molar-refractivity contribution in [2.24, 2.45) is 0 Å². The fraction of sp³-hybridized carbons (Fsp3) is 0.190. The molecule has 2 aromatic carbocycles. The monoisotopic (exact) mass is 413 g/mol. The molecule has 0 radical (unpaired) electrons. The van der Waals surface area contributed by atoms with Gasteiger partial charge in [0, 0.05) is 29.0 Å². The molecule has 0 aliphatic carbocycles. The number of hydrogen-bond donors (Lipinski definition) is 0. The first-order chi connectivity index (χ1) is 14.0. The molecule has 2 heterocycles. The summed E-state index contributed by atoms with van der Waals surface area (Å²) in [6.45, 7) is 1.84. The maximum atomic E-state index is 14.4. The summed E-state index contributed by atoms with van der Waals surface area (Å²) in [5.74, 6) is 0.511. The minimum Gasteiger partial charge on any atom is -0.494 e. The number of hydrogen-bond acceptors (Lipinski definition) is 5. The SMILES string of the molecule is COc1ccc(Cl)c(CC(=O)Cc2ccc(-c3nn4c(C)ncc4o3)cc2)c1F. The molecule has 0 fully saturated rings. The van der Waals surface area contributed by atoms with Crippen molar-refractivity contribution in [1.29, 1.82) is 0 Å². The lowest BCUT2D eigenvalue weighted by Gasteiger charge is -2.09. The molecule has 4 aromatic rings. The fourth-order valence-corrected chi connectivity index (χ4v) is 3.30. The lowest BCUT2D eigenvalue weighted by molar-refractivity contribution is -0.117. The molecule has 0 unspecified atom stereocenters. The first-order valence-corrected chi connectivity index (χ1v) is 9.27. The van der Waals surface area contributed by atoms with Gasteiger partial charge in [0.1, 0.15) is 11.6 Å². The molecule has 4 rings (SSSR count). The summed E-state index contributed by atoms with van der Waals surface area (Å²) in [6.07, 6.45) is 1.66. The number of ether oxygens (including phenoxy) is 1. The third-order valence-corrected chi connectivity index (χ3v) is 4.97. The molecule has 2 aromatic heterocycles. The Labute approximate surface area is 170 Å². The molecule has 6 nitrogen and oxygen atoms in total. The smallest absolute Gasteiger partial charge is 0.246 e. The van der Waals surface area contributed by atoms with Crippen LogP contribution >= 0.6 is 11.6 Å². The van der Waals surface area contributed by atoms with Gasteiger partial charge < -0.3 is 9.15 Å². The number of carbonyl (C=O) groups excluding carboxylic acids is 1. The van der Waals surface area contributed by atoms with E-state index in [1.54, 1.807) is 10.7 Å². The highest BCUT2D eigenvalue weighted by Crippen LogP contribution is 2.28. The summed E-state index contributed by atoms with van der Waals surface area (Å²) in [7, 11) is 1.37. The predicted octanol–water partition coefficient (Wildman–Crippen LogP) is 4.45. The number of nitrogens with zero attached hydrogens (tertiary/aromatic N) is 3. The Kier molecular flexibility index (Phi) is 5.07. The summed E-state index contributed by atoms with van der Waals surface area (Å²) in [4.78, 5) is 16.6. The number of imidazole rings is 1. The van der Waals surface area contributed by atoms with E-state index in [4.69, 9.17) is 20.8 Å². The summed E-state index contributed by atoms with van der Waals surface area (Å²) in [6, 6.07) is 10.3. The van der Waals surface area contributed by atoms with E-state index >= 15 is 0 Å². The first-order valence-electron chi connectivity index (χ1n) is 8.89. The number of aromatic nitrogens is 3. The van der Waals surface area contributed by atoms with Gasteiger partial charge in [-0.3, -0.25) is 4.79 Å². The van der Waals surface area contributed by atoms with Crippen molar-refractivity contribution in [2.75, 3.05) is 7.11 Å². The molecule has 0 aliphatic heterocycles. The quantitative estimate of drug-likeness (QED) is 0.467. The molecule has 0 spiro atoms. The van der Waals surface area contributed by atoms with E-state index in [0.717, 1.165) is 17.0 Å². The summed E-state index contributed by atoms with van der Waals surface area (Å²) < 4.78 is 26.6. The third kappa shape index (κ3) is 3.73. The zero-order valence-electron chi connectivity index (χ0n) is 15.8. The molecular weight excluding hydrogens is 397 g/mol. The second kappa shape index (κ2) is 7.67. The number of aryl methyl sites for hydroxylation is 1. The second-order valence-corrected chi connectivity index (χ2v) is 7.00. The van der Waals surface area contributed by atoms with Gasteiger partial charge in [-0.15, -0.1) is 5.10 Å². The van der Waals surface area contributed by atoms with Gasteiger partial charge in [0.15, 0.2) is 11.6 Å². The second-order valence-electron chi connectivity index (χ2n) is 6.59. The minimum absolute atomic E-state index is 0.0646. The number of halogens is 2. The fourth-order valence-electron chi connectivity index (χ4n) is 3.08. The van der Waals surface area contributed by atoms with Crippen LogP contribution in [0.1, 0.15) is 17.0 Å². The summed E-state index contributed by atoms with van der Waals surface area (Å²) >= 11 is 6.06. The third-order valence-electron chi connectivity index (χ3n) is 4.62. The van der Waals surface area contributed by atoms with Crippen LogP contribution in [0, 0.1) is 12.7 Å². The van der Waals surface area contributed by atoms with Gasteiger partial charge in [0.25, 0.3) is 0 Å². The van der Waals surface area contributed by atoms with Crippen molar-refractivity contribution < 1.29 is 18.3 Å². The number of fused-ring (bicyclic) bond motifs is 1. The molecule has 0 amide bonds. The van der Waals surface area contributed by atoms with Crippen molar-refractivity contribution in [2.45, 2.75) is 19.8 Å². The van der Waals surface area contributed by atoms with E-state index in [1.807, 2.05) is 31.2 Å². The van der Waals surface area contributed by atoms with Gasteiger partial charge in [0.2, 0.25) is 11.6 Å². The average Bonchev–Trinajstić information content (AvgIpc) is 3.28. The van der Waals surface area contributed by atoms with Crippen molar-refractivity contribution in [3.8, 4) is 17.2 Å². The molecular formula is C21H17ClFN3O3. The number of Topliss-reactive ketones (excluding diaryl/α,β-unsaturated/α-hetero) is 1. The Bertz CT molecular complexity index is 1200. The summed E-state index contributed by atoms with van der Waals surface area (Å²) in [5.41, 5.74) is 2.29. The van der Waals surface area contributed by atoms with Crippen LogP contribution in [0.25, 0.3) is 17.2 Å². The van der Waals surface area contributed by atoms with Crippen LogP contribution in [0.2, 0.25) is 5.02 Å². The highest BCUT2D eigenvalue weighted by molar-refractivity contribution is 6.31. The van der Waals surface area contributed by atoms with Gasteiger partial charge in [-0.1, -0.05) is 23.7 Å². The highest BCUT2D eigenvalue weighted by atomic mass is 35.5. The van der Waals surface area contributed by atoms with Gasteiger partial charge >= 0.3 is 0 Å². The molecule has 8 heteroatoms. The number of rotatable bonds is 6. The predicted molar refractivity (Wildman–Crippen MR) is 106 cm³/mol. The normalized spacial score (nSPS) is 11.2. The van der Waals surface area contributed by atoms with Crippen molar-refractivity contribution in [3.05, 3.63) is 70.4 Å². The largest absolute Gasteiger partial charge is 0.494 e. The zero-order chi connectivity index (χ0) is 20.5. The van der Waals surface area contributed by atoms with Gasteiger partial charge in [-0.2, -0.15) is 4.52 Å². The van der Waals surface area contributed by atoms with Gasteiger partial charge in [0.05, 0.1) is 13.3 Å². The van der Waals surface area contributed by atoms with E-state index in [0.29, 0.717) is 11.6 Å². The number of carbonyl (C=O) groups is 1. The van der Waals surface area contributed by atoms with Crippen LogP contribution in [0.4, 0.5) is 4.39 Å². The van der Waals surface area contributed by atoms with E-state index in [1.165, 1.54) is 19.2 Å². The van der Waals surface area contributed by atoms with E-state index in [2.05, 4.69) is 10.1 Å². The molecule has 29 heavy (non-hydrogen) atoms. The molecule has 0 bridgehead atoms. The minimum atomic E-state index is -0.603.